The van der Waals surface area contributed by atoms with Gasteiger partial charge < -0.3 is 9.84 Å². The van der Waals surface area contributed by atoms with E-state index >= 15 is 0 Å². The van der Waals surface area contributed by atoms with Crippen LogP contribution in [-0.4, -0.2) is 33.8 Å². The first-order valence-electron chi connectivity index (χ1n) is 9.68. The van der Waals surface area contributed by atoms with Gasteiger partial charge in [-0.15, -0.1) is 0 Å². The number of piperidine rings is 1. The maximum absolute atomic E-state index is 12.8. The number of nitrogens with zero attached hydrogens (tertiary/aromatic N) is 2. The van der Waals surface area contributed by atoms with Crippen molar-refractivity contribution in [3.63, 3.8) is 0 Å². The lowest BCUT2D eigenvalue weighted by Crippen LogP contribution is -2.32. The van der Waals surface area contributed by atoms with E-state index < -0.39 is 4.92 Å². The summed E-state index contributed by atoms with van der Waals surface area (Å²) < 4.78 is 5.85. The van der Waals surface area contributed by atoms with Crippen molar-refractivity contribution in [2.75, 3.05) is 13.1 Å². The molecule has 2 aromatic rings. The van der Waals surface area contributed by atoms with Crippen molar-refractivity contribution in [3.8, 4) is 11.5 Å². The second-order valence-corrected chi connectivity index (χ2v) is 7.69. The summed E-state index contributed by atoms with van der Waals surface area (Å²) >= 11 is 0. The van der Waals surface area contributed by atoms with E-state index in [2.05, 4.69) is 11.8 Å². The lowest BCUT2D eigenvalue weighted by Gasteiger charge is -2.30. The van der Waals surface area contributed by atoms with E-state index in [9.17, 15) is 20.0 Å². The Morgan fingerprint density at radius 1 is 1.28 bits per heavy atom. The lowest BCUT2D eigenvalue weighted by atomic mass is 9.98. The highest BCUT2D eigenvalue weighted by Gasteiger charge is 2.32. The maximum Gasteiger partial charge on any atom is 0.270 e. The van der Waals surface area contributed by atoms with Crippen molar-refractivity contribution in [2.24, 2.45) is 5.92 Å². The fourth-order valence-electron chi connectivity index (χ4n) is 3.77. The molecule has 0 radical (unpaired) electrons. The molecule has 1 fully saturated rings. The first-order valence-corrected chi connectivity index (χ1v) is 9.68. The number of Topliss-reactive ketones (excluding diaryl/α,β-unsaturated/α-hetero) is 1. The van der Waals surface area contributed by atoms with Gasteiger partial charge in [0.1, 0.15) is 11.5 Å². The Balaban J connectivity index is 1.62. The Kier molecular flexibility index (Phi) is 5.07. The number of non-ortho nitro benzene ring substituents is 1. The van der Waals surface area contributed by atoms with Gasteiger partial charge >= 0.3 is 0 Å². The molecule has 0 amide bonds. The predicted octanol–water partition coefficient (Wildman–Crippen LogP) is 4.15. The van der Waals surface area contributed by atoms with Crippen molar-refractivity contribution in [2.45, 2.75) is 26.3 Å². The number of aromatic hydroxyl groups is 1. The number of nitro benzene ring substituents is 1. The van der Waals surface area contributed by atoms with E-state index in [1.165, 1.54) is 24.3 Å². The highest BCUT2D eigenvalue weighted by atomic mass is 16.6. The van der Waals surface area contributed by atoms with E-state index in [-0.39, 0.29) is 23.0 Å². The van der Waals surface area contributed by atoms with Gasteiger partial charge in [0, 0.05) is 18.7 Å². The number of hydrogen-bond acceptors (Lipinski definition) is 6. The molecule has 0 aliphatic carbocycles. The molecule has 0 saturated carbocycles. The summed E-state index contributed by atoms with van der Waals surface area (Å²) in [5.74, 6) is 0.986. The van der Waals surface area contributed by atoms with Gasteiger partial charge in [-0.1, -0.05) is 19.1 Å². The van der Waals surface area contributed by atoms with Crippen LogP contribution in [0.3, 0.4) is 0 Å². The van der Waals surface area contributed by atoms with Gasteiger partial charge in [-0.05, 0) is 55.6 Å². The first kappa shape index (κ1) is 19.1. The third-order valence-corrected chi connectivity index (χ3v) is 5.55. The summed E-state index contributed by atoms with van der Waals surface area (Å²) in [7, 11) is 0. The third kappa shape index (κ3) is 3.86. The quantitative estimate of drug-likeness (QED) is 0.476. The zero-order valence-corrected chi connectivity index (χ0v) is 16.1. The molecule has 2 heterocycles. The number of likely N-dealkylation sites (tertiary alicyclic amines) is 1. The number of carbonyl (C=O) groups is 1. The van der Waals surface area contributed by atoms with Gasteiger partial charge in [-0.25, -0.2) is 0 Å². The molecule has 150 valence electrons. The van der Waals surface area contributed by atoms with Crippen molar-refractivity contribution in [1.29, 1.82) is 0 Å². The average molecular weight is 394 g/mol. The first-order chi connectivity index (χ1) is 13.9. The number of fused-ring (bicyclic) bond motifs is 1. The van der Waals surface area contributed by atoms with E-state index in [1.807, 2.05) is 0 Å². The van der Waals surface area contributed by atoms with E-state index in [4.69, 9.17) is 4.74 Å². The molecule has 1 saturated heterocycles. The molecule has 0 atom stereocenters. The fraction of sp³-hybridized carbons (Fsp3) is 0.318. The molecule has 2 aliphatic rings. The maximum atomic E-state index is 12.8. The molecule has 1 N–H and O–H groups in total. The van der Waals surface area contributed by atoms with Gasteiger partial charge in [0.15, 0.2) is 5.76 Å². The highest BCUT2D eigenvalue weighted by Crippen LogP contribution is 2.40. The Morgan fingerprint density at radius 3 is 2.76 bits per heavy atom. The number of allylic oxidation sites excluding steroid dienone is 1. The predicted molar refractivity (Wildman–Crippen MR) is 108 cm³/mol. The van der Waals surface area contributed by atoms with Crippen LogP contribution in [0.2, 0.25) is 0 Å². The monoisotopic (exact) mass is 394 g/mol. The topological polar surface area (TPSA) is 92.9 Å². The summed E-state index contributed by atoms with van der Waals surface area (Å²) in [5, 5.41) is 21.4. The second kappa shape index (κ2) is 7.67. The molecule has 2 aromatic carbocycles. The number of phenolic OH excluding ortho intramolecular Hbond substituents is 1. The van der Waals surface area contributed by atoms with Crippen LogP contribution in [0.5, 0.6) is 11.5 Å². The molecule has 0 aromatic heterocycles. The zero-order chi connectivity index (χ0) is 20.5. The Bertz CT molecular complexity index is 1010. The number of ether oxygens (including phenoxy) is 1. The molecule has 2 aliphatic heterocycles. The molecule has 0 spiro atoms. The Morgan fingerprint density at radius 2 is 2.03 bits per heavy atom. The Labute approximate surface area is 168 Å². The molecular weight excluding hydrogens is 372 g/mol. The largest absolute Gasteiger partial charge is 0.507 e. The average Bonchev–Trinajstić information content (AvgIpc) is 3.01. The number of rotatable bonds is 4. The van der Waals surface area contributed by atoms with Crippen LogP contribution in [0.25, 0.3) is 6.08 Å². The van der Waals surface area contributed by atoms with Crippen LogP contribution in [-0.2, 0) is 6.54 Å². The van der Waals surface area contributed by atoms with Crippen LogP contribution in [0.4, 0.5) is 5.69 Å². The molecule has 0 bridgehead atoms. The van der Waals surface area contributed by atoms with Crippen molar-refractivity contribution in [1.82, 2.24) is 4.90 Å². The SMILES string of the molecule is CC1CCN(Cc2c(O)ccc3c2O/C(=C\c2cccc([N+](=O)[O-])c2)C3=O)CC1. The van der Waals surface area contributed by atoms with Gasteiger partial charge in [0.2, 0.25) is 5.78 Å². The van der Waals surface area contributed by atoms with Crippen molar-refractivity contribution < 1.29 is 19.6 Å². The van der Waals surface area contributed by atoms with Crippen molar-refractivity contribution >= 4 is 17.5 Å². The standard InChI is InChI=1S/C22H22N2O5/c1-14-7-9-23(10-8-14)13-18-19(25)6-5-17-21(26)20(29-22(17)18)12-15-3-2-4-16(11-15)24(27)28/h2-6,11-12,14,25H,7-10,13H2,1H3/b20-12-. The molecular formula is C22H22N2O5. The highest BCUT2D eigenvalue weighted by molar-refractivity contribution is 6.15. The van der Waals surface area contributed by atoms with Gasteiger partial charge in [-0.2, -0.15) is 0 Å². The molecule has 4 rings (SSSR count). The number of carbonyl (C=O) groups excluding carboxylic acids is 1. The van der Waals surface area contributed by atoms with Gasteiger partial charge in [0.05, 0.1) is 16.1 Å². The van der Waals surface area contributed by atoms with Crippen molar-refractivity contribution in [3.05, 3.63) is 69.0 Å². The summed E-state index contributed by atoms with van der Waals surface area (Å²) in [6.07, 6.45) is 3.71. The van der Waals surface area contributed by atoms with E-state index in [1.54, 1.807) is 18.2 Å². The molecule has 7 heteroatoms. The Hall–Kier alpha value is -3.19. The summed E-state index contributed by atoms with van der Waals surface area (Å²) in [5.41, 5.74) is 1.46. The fourth-order valence-corrected chi connectivity index (χ4v) is 3.77. The number of hydrogen-bond donors (Lipinski definition) is 1. The summed E-state index contributed by atoms with van der Waals surface area (Å²) in [4.78, 5) is 25.5. The van der Waals surface area contributed by atoms with E-state index in [0.717, 1.165) is 25.9 Å². The minimum atomic E-state index is -0.482. The number of phenols is 1. The number of nitro groups is 1. The number of ketones is 1. The smallest absolute Gasteiger partial charge is 0.270 e. The van der Waals surface area contributed by atoms with Crippen LogP contribution < -0.4 is 4.74 Å². The molecule has 7 nitrogen and oxygen atoms in total. The summed E-state index contributed by atoms with van der Waals surface area (Å²) in [6.45, 7) is 4.63. The normalized spacial score (nSPS) is 18.7. The van der Waals surface area contributed by atoms with Crippen LogP contribution in [0.1, 0.15) is 41.3 Å². The summed E-state index contributed by atoms with van der Waals surface area (Å²) in [6, 6.07) is 9.10. The van der Waals surface area contributed by atoms with Gasteiger partial charge in [-0.3, -0.25) is 19.8 Å². The molecule has 29 heavy (non-hydrogen) atoms. The van der Waals surface area contributed by atoms with Crippen LogP contribution in [0, 0.1) is 16.0 Å². The second-order valence-electron chi connectivity index (χ2n) is 7.69. The third-order valence-electron chi connectivity index (χ3n) is 5.55. The van der Waals surface area contributed by atoms with Crippen LogP contribution in [0.15, 0.2) is 42.2 Å². The van der Waals surface area contributed by atoms with E-state index in [0.29, 0.717) is 34.9 Å². The number of benzene rings is 2. The van der Waals surface area contributed by atoms with Gasteiger partial charge in [0.25, 0.3) is 5.69 Å². The lowest BCUT2D eigenvalue weighted by molar-refractivity contribution is -0.384. The molecule has 0 unspecified atom stereocenters. The zero-order valence-electron chi connectivity index (χ0n) is 16.1. The minimum absolute atomic E-state index is 0.0556. The van der Waals surface area contributed by atoms with Crippen LogP contribution >= 0.6 is 0 Å². The minimum Gasteiger partial charge on any atom is -0.507 e.